The Morgan fingerprint density at radius 1 is 1.11 bits per heavy atom. The van der Waals surface area contributed by atoms with Gasteiger partial charge in [0.05, 0.1) is 24.2 Å². The molecule has 1 aliphatic heterocycles. The fourth-order valence-corrected chi connectivity index (χ4v) is 3.66. The van der Waals surface area contributed by atoms with Crippen molar-refractivity contribution in [1.29, 1.82) is 0 Å². The summed E-state index contributed by atoms with van der Waals surface area (Å²) >= 11 is 3.46. The van der Waals surface area contributed by atoms with E-state index in [1.807, 2.05) is 29.1 Å². The van der Waals surface area contributed by atoms with Gasteiger partial charge >= 0.3 is 0 Å². The molecule has 3 heterocycles. The number of aromatic nitrogens is 3. The maximum absolute atomic E-state index is 5.86. The summed E-state index contributed by atoms with van der Waals surface area (Å²) in [7, 11) is 0. The Morgan fingerprint density at radius 2 is 2.00 bits per heavy atom. The minimum atomic E-state index is 0.00934. The number of halogens is 1. The van der Waals surface area contributed by atoms with E-state index in [4.69, 9.17) is 9.47 Å². The van der Waals surface area contributed by atoms with Gasteiger partial charge in [-0.25, -0.2) is 4.68 Å². The Kier molecular flexibility index (Phi) is 6.39. The molecule has 1 aromatic carbocycles. The van der Waals surface area contributed by atoms with E-state index in [1.165, 1.54) is 12.0 Å². The van der Waals surface area contributed by atoms with Crippen LogP contribution in [0.15, 0.2) is 59.3 Å². The Morgan fingerprint density at radius 3 is 2.75 bits per heavy atom. The average Bonchev–Trinajstić information content (AvgIpc) is 3.23. The summed E-state index contributed by atoms with van der Waals surface area (Å²) in [5.41, 5.74) is 3.18. The largest absolute Gasteiger partial charge is 0.492 e. The molecule has 1 unspecified atom stereocenters. The molecule has 1 fully saturated rings. The van der Waals surface area contributed by atoms with E-state index in [0.29, 0.717) is 6.61 Å². The fraction of sp³-hybridized carbons (Fsp3) is 0.364. The van der Waals surface area contributed by atoms with Gasteiger partial charge in [0.1, 0.15) is 5.75 Å². The number of pyridine rings is 1. The number of rotatable bonds is 7. The lowest BCUT2D eigenvalue weighted by molar-refractivity contribution is -0.0384. The van der Waals surface area contributed by atoms with Crippen LogP contribution in [0.1, 0.15) is 37.5 Å². The standard InChI is InChI=1S/C22H24BrN3O2/c23-18-8-6-17(7-9-18)4-3-15-27-19-10-11-20(24-16-19)21-12-13-25-26(21)22-5-1-2-14-28-22/h6-13,16,22H,1-5,14-15H2. The summed E-state index contributed by atoms with van der Waals surface area (Å²) in [4.78, 5) is 4.58. The number of ether oxygens (including phenoxy) is 2. The van der Waals surface area contributed by atoms with Crippen LogP contribution in [0.25, 0.3) is 11.4 Å². The van der Waals surface area contributed by atoms with Crippen LogP contribution >= 0.6 is 15.9 Å². The van der Waals surface area contributed by atoms with E-state index in [-0.39, 0.29) is 6.23 Å². The van der Waals surface area contributed by atoms with Crippen LogP contribution in [0.3, 0.4) is 0 Å². The molecule has 0 aliphatic carbocycles. The highest BCUT2D eigenvalue weighted by molar-refractivity contribution is 9.10. The molecular formula is C22H24BrN3O2. The number of benzene rings is 1. The summed E-state index contributed by atoms with van der Waals surface area (Å²) in [6, 6.07) is 14.4. The lowest BCUT2D eigenvalue weighted by Gasteiger charge is -2.24. The van der Waals surface area contributed by atoms with Gasteiger partial charge in [0.15, 0.2) is 6.23 Å². The van der Waals surface area contributed by atoms with Crippen molar-refractivity contribution in [2.24, 2.45) is 0 Å². The van der Waals surface area contributed by atoms with Gasteiger partial charge in [0.25, 0.3) is 0 Å². The van der Waals surface area contributed by atoms with E-state index in [0.717, 1.165) is 53.9 Å². The summed E-state index contributed by atoms with van der Waals surface area (Å²) in [5, 5.41) is 4.45. The topological polar surface area (TPSA) is 49.2 Å². The van der Waals surface area contributed by atoms with Crippen molar-refractivity contribution in [2.75, 3.05) is 13.2 Å². The van der Waals surface area contributed by atoms with Crippen molar-refractivity contribution in [3.63, 3.8) is 0 Å². The zero-order valence-corrected chi connectivity index (χ0v) is 17.3. The zero-order chi connectivity index (χ0) is 19.2. The van der Waals surface area contributed by atoms with Crippen molar-refractivity contribution in [2.45, 2.75) is 38.3 Å². The van der Waals surface area contributed by atoms with E-state index >= 15 is 0 Å². The molecule has 6 heteroatoms. The molecule has 28 heavy (non-hydrogen) atoms. The Labute approximate surface area is 173 Å². The molecule has 0 saturated carbocycles. The smallest absolute Gasteiger partial charge is 0.150 e. The fourth-order valence-electron chi connectivity index (χ4n) is 3.40. The molecule has 146 valence electrons. The maximum atomic E-state index is 5.86. The molecule has 1 atom stereocenters. The third-order valence-electron chi connectivity index (χ3n) is 4.89. The van der Waals surface area contributed by atoms with E-state index in [9.17, 15) is 0 Å². The third-order valence-corrected chi connectivity index (χ3v) is 5.42. The number of aryl methyl sites for hydroxylation is 1. The zero-order valence-electron chi connectivity index (χ0n) is 15.8. The Bertz CT molecular complexity index is 872. The average molecular weight is 442 g/mol. The van der Waals surface area contributed by atoms with Gasteiger partial charge < -0.3 is 9.47 Å². The lowest BCUT2D eigenvalue weighted by atomic mass is 10.1. The highest BCUT2D eigenvalue weighted by Gasteiger charge is 2.19. The predicted octanol–water partition coefficient (Wildman–Crippen LogP) is 5.42. The predicted molar refractivity (Wildman–Crippen MR) is 112 cm³/mol. The van der Waals surface area contributed by atoms with Crippen molar-refractivity contribution in [3.05, 3.63) is 64.9 Å². The molecule has 1 saturated heterocycles. The molecule has 0 bridgehead atoms. The first-order valence-corrected chi connectivity index (χ1v) is 10.6. The number of hydrogen-bond acceptors (Lipinski definition) is 4. The van der Waals surface area contributed by atoms with Crippen LogP contribution in [-0.2, 0) is 11.2 Å². The molecule has 0 amide bonds. The van der Waals surface area contributed by atoms with E-state index in [1.54, 1.807) is 6.20 Å². The van der Waals surface area contributed by atoms with Gasteiger partial charge in [0.2, 0.25) is 0 Å². The van der Waals surface area contributed by atoms with E-state index < -0.39 is 0 Å². The molecule has 2 aromatic heterocycles. The third kappa shape index (κ3) is 4.80. The Hall–Kier alpha value is -2.18. The van der Waals surface area contributed by atoms with Crippen LogP contribution in [0.2, 0.25) is 0 Å². The van der Waals surface area contributed by atoms with Crippen LogP contribution in [0.5, 0.6) is 5.75 Å². The first kappa shape index (κ1) is 19.2. The first-order valence-electron chi connectivity index (χ1n) is 9.78. The maximum Gasteiger partial charge on any atom is 0.150 e. The summed E-state index contributed by atoms with van der Waals surface area (Å²) in [6.45, 7) is 1.47. The highest BCUT2D eigenvalue weighted by Crippen LogP contribution is 2.28. The molecule has 4 rings (SSSR count). The number of nitrogens with zero attached hydrogens (tertiary/aromatic N) is 3. The SMILES string of the molecule is Brc1ccc(CCCOc2ccc(-c3ccnn3C3CCCCO3)nc2)cc1. The highest BCUT2D eigenvalue weighted by atomic mass is 79.9. The monoisotopic (exact) mass is 441 g/mol. The Balaban J connectivity index is 1.32. The quantitative estimate of drug-likeness (QED) is 0.459. The normalized spacial score (nSPS) is 16.8. The van der Waals surface area contributed by atoms with Gasteiger partial charge in [-0.2, -0.15) is 5.10 Å². The van der Waals surface area contributed by atoms with Gasteiger partial charge in [-0.3, -0.25) is 4.98 Å². The van der Waals surface area contributed by atoms with Crippen molar-refractivity contribution >= 4 is 15.9 Å². The van der Waals surface area contributed by atoms with Crippen LogP contribution in [0, 0.1) is 0 Å². The van der Waals surface area contributed by atoms with Crippen molar-refractivity contribution in [1.82, 2.24) is 14.8 Å². The summed E-state index contributed by atoms with van der Waals surface area (Å²) in [6.07, 6.45) is 8.86. The molecule has 0 radical (unpaired) electrons. The molecule has 3 aromatic rings. The van der Waals surface area contributed by atoms with E-state index in [2.05, 4.69) is 50.3 Å². The minimum absolute atomic E-state index is 0.00934. The summed E-state index contributed by atoms with van der Waals surface area (Å²) < 4.78 is 14.8. The molecule has 0 N–H and O–H groups in total. The van der Waals surface area contributed by atoms with Crippen LogP contribution in [-0.4, -0.2) is 28.0 Å². The van der Waals surface area contributed by atoms with Gasteiger partial charge in [0, 0.05) is 17.3 Å². The second-order valence-corrected chi connectivity index (χ2v) is 7.86. The van der Waals surface area contributed by atoms with Gasteiger partial charge in [-0.1, -0.05) is 28.1 Å². The lowest BCUT2D eigenvalue weighted by Crippen LogP contribution is -2.20. The minimum Gasteiger partial charge on any atom is -0.492 e. The molecule has 5 nitrogen and oxygen atoms in total. The molecule has 1 aliphatic rings. The van der Waals surface area contributed by atoms with Crippen molar-refractivity contribution < 1.29 is 9.47 Å². The second kappa shape index (κ2) is 9.34. The molecule has 0 spiro atoms. The van der Waals surface area contributed by atoms with Crippen LogP contribution in [0.4, 0.5) is 0 Å². The van der Waals surface area contributed by atoms with Crippen molar-refractivity contribution in [3.8, 4) is 17.1 Å². The van der Waals surface area contributed by atoms with Crippen LogP contribution < -0.4 is 4.74 Å². The summed E-state index contributed by atoms with van der Waals surface area (Å²) in [5.74, 6) is 0.791. The van der Waals surface area contributed by atoms with Gasteiger partial charge in [-0.15, -0.1) is 0 Å². The van der Waals surface area contributed by atoms with Gasteiger partial charge in [-0.05, 0) is 68.0 Å². The second-order valence-electron chi connectivity index (χ2n) is 6.94. The number of hydrogen-bond donors (Lipinski definition) is 0. The molecular weight excluding hydrogens is 418 g/mol. The first-order chi connectivity index (χ1) is 13.8.